The number of benzene rings is 1. The first-order chi connectivity index (χ1) is 8.24. The fourth-order valence-electron chi connectivity index (χ4n) is 1.90. The van der Waals surface area contributed by atoms with E-state index in [1.807, 2.05) is 18.2 Å². The van der Waals surface area contributed by atoms with Crippen molar-refractivity contribution in [2.45, 2.75) is 58.8 Å². The maximum Gasteiger partial charge on any atom is 0.118 e. The van der Waals surface area contributed by atoms with Crippen molar-refractivity contribution in [2.75, 3.05) is 0 Å². The number of phenols is 1. The molecule has 1 aromatic rings. The van der Waals surface area contributed by atoms with E-state index in [9.17, 15) is 5.11 Å². The molecule has 0 aromatic heterocycles. The highest BCUT2D eigenvalue weighted by Gasteiger charge is 2.09. The molecule has 1 heteroatoms. The van der Waals surface area contributed by atoms with Gasteiger partial charge in [-0.2, -0.15) is 0 Å². The lowest BCUT2D eigenvalue weighted by Gasteiger charge is -2.18. The van der Waals surface area contributed by atoms with Crippen molar-refractivity contribution in [1.29, 1.82) is 0 Å². The second-order valence-electron chi connectivity index (χ2n) is 5.12. The molecule has 0 amide bonds. The number of hydrogen-bond donors (Lipinski definition) is 1. The number of aryl methyl sites for hydroxylation is 1. The van der Waals surface area contributed by atoms with Crippen LogP contribution in [-0.2, 0) is 6.42 Å². The number of para-hydroxylation sites is 1. The zero-order valence-electron chi connectivity index (χ0n) is 11.3. The minimum absolute atomic E-state index is 0.439. The van der Waals surface area contributed by atoms with Crippen LogP contribution in [0.3, 0.4) is 0 Å². The third-order valence-corrected chi connectivity index (χ3v) is 3.44. The summed E-state index contributed by atoms with van der Waals surface area (Å²) in [4.78, 5) is 0. The van der Waals surface area contributed by atoms with E-state index in [1.165, 1.54) is 38.5 Å². The molecule has 96 valence electrons. The van der Waals surface area contributed by atoms with E-state index in [0.29, 0.717) is 5.75 Å². The van der Waals surface area contributed by atoms with E-state index in [0.717, 1.165) is 17.9 Å². The van der Waals surface area contributed by atoms with Crippen LogP contribution in [0.4, 0.5) is 0 Å². The number of rotatable bonds is 4. The highest BCUT2D eigenvalue weighted by Crippen LogP contribution is 2.24. The lowest BCUT2D eigenvalue weighted by atomic mass is 9.88. The summed E-state index contributed by atoms with van der Waals surface area (Å²) in [7, 11) is 0. The Hall–Kier alpha value is -0.980. The summed E-state index contributed by atoms with van der Waals surface area (Å²) >= 11 is 0. The van der Waals surface area contributed by atoms with Crippen LogP contribution >= 0.6 is 0 Å². The van der Waals surface area contributed by atoms with Gasteiger partial charge in [0.25, 0.3) is 0 Å². The molecule has 0 atom stereocenters. The third-order valence-electron chi connectivity index (χ3n) is 3.44. The molecule has 1 N–H and O–H groups in total. The van der Waals surface area contributed by atoms with Crippen LogP contribution in [0.5, 0.6) is 5.75 Å². The highest BCUT2D eigenvalue weighted by atomic mass is 16.3. The fourth-order valence-corrected chi connectivity index (χ4v) is 1.90. The zero-order valence-corrected chi connectivity index (χ0v) is 11.3. The van der Waals surface area contributed by atoms with E-state index < -0.39 is 0 Å². The molecule has 1 aliphatic carbocycles. The molecule has 2 rings (SSSR count). The number of unbranched alkanes of at least 4 members (excludes halogenated alkanes) is 2. The molecule has 1 aliphatic rings. The Balaban J connectivity index is 0.000000239. The van der Waals surface area contributed by atoms with Gasteiger partial charge in [-0.15, -0.1) is 0 Å². The molecule has 0 bridgehead atoms. The van der Waals surface area contributed by atoms with Crippen molar-refractivity contribution in [3.05, 3.63) is 29.8 Å². The van der Waals surface area contributed by atoms with Crippen LogP contribution in [0.1, 0.15) is 57.9 Å². The van der Waals surface area contributed by atoms with Gasteiger partial charge in [-0.25, -0.2) is 0 Å². The average molecular weight is 234 g/mol. The Morgan fingerprint density at radius 1 is 1.18 bits per heavy atom. The Kier molecular flexibility index (Phi) is 6.76. The Morgan fingerprint density at radius 2 is 1.82 bits per heavy atom. The van der Waals surface area contributed by atoms with Crippen molar-refractivity contribution < 1.29 is 5.11 Å². The SMILES string of the molecule is CC1CCC1.CCCCCc1ccccc1O. The van der Waals surface area contributed by atoms with Crippen LogP contribution in [0.2, 0.25) is 0 Å². The van der Waals surface area contributed by atoms with Gasteiger partial charge in [-0.1, -0.05) is 64.2 Å². The summed E-state index contributed by atoms with van der Waals surface area (Å²) in [6.45, 7) is 4.49. The first-order valence-electron chi connectivity index (χ1n) is 7.01. The summed E-state index contributed by atoms with van der Waals surface area (Å²) < 4.78 is 0. The van der Waals surface area contributed by atoms with Crippen LogP contribution in [0.15, 0.2) is 24.3 Å². The Bertz CT molecular complexity index is 302. The van der Waals surface area contributed by atoms with Gasteiger partial charge in [0.15, 0.2) is 0 Å². The van der Waals surface area contributed by atoms with Crippen molar-refractivity contribution >= 4 is 0 Å². The minimum Gasteiger partial charge on any atom is -0.508 e. The number of aromatic hydroxyl groups is 1. The third kappa shape index (κ3) is 5.76. The molecule has 17 heavy (non-hydrogen) atoms. The molecular weight excluding hydrogens is 208 g/mol. The van der Waals surface area contributed by atoms with Gasteiger partial charge in [-0.05, 0) is 30.4 Å². The van der Waals surface area contributed by atoms with Crippen LogP contribution in [0.25, 0.3) is 0 Å². The average Bonchev–Trinajstić information content (AvgIpc) is 2.30. The van der Waals surface area contributed by atoms with Crippen molar-refractivity contribution in [2.24, 2.45) is 5.92 Å². The molecule has 0 unspecified atom stereocenters. The minimum atomic E-state index is 0.439. The van der Waals surface area contributed by atoms with Crippen molar-refractivity contribution in [3.8, 4) is 5.75 Å². The topological polar surface area (TPSA) is 20.2 Å². The van der Waals surface area contributed by atoms with Crippen molar-refractivity contribution in [3.63, 3.8) is 0 Å². The molecule has 0 aliphatic heterocycles. The molecule has 0 spiro atoms. The van der Waals surface area contributed by atoms with Crippen molar-refractivity contribution in [1.82, 2.24) is 0 Å². The normalized spacial score (nSPS) is 14.7. The van der Waals surface area contributed by atoms with Crippen LogP contribution in [0, 0.1) is 5.92 Å². The fraction of sp³-hybridized carbons (Fsp3) is 0.625. The van der Waals surface area contributed by atoms with Gasteiger partial charge in [-0.3, -0.25) is 0 Å². The van der Waals surface area contributed by atoms with Gasteiger partial charge >= 0.3 is 0 Å². The van der Waals surface area contributed by atoms with Crippen LogP contribution in [-0.4, -0.2) is 5.11 Å². The Morgan fingerprint density at radius 3 is 2.29 bits per heavy atom. The molecular formula is C16H26O. The standard InChI is InChI=1S/C11H16O.C5H10/c1-2-3-4-7-10-8-5-6-9-11(10)12;1-5-3-2-4-5/h5-6,8-9,12H,2-4,7H2,1H3;5H,2-4H2,1H3. The molecule has 0 heterocycles. The molecule has 1 fully saturated rings. The summed E-state index contributed by atoms with van der Waals surface area (Å²) in [6.07, 6.45) is 9.11. The second-order valence-corrected chi connectivity index (χ2v) is 5.12. The van der Waals surface area contributed by atoms with Crippen LogP contribution < -0.4 is 0 Å². The summed E-state index contributed by atoms with van der Waals surface area (Å²) in [5, 5.41) is 9.41. The largest absolute Gasteiger partial charge is 0.508 e. The number of hydrogen-bond acceptors (Lipinski definition) is 1. The van der Waals surface area contributed by atoms with E-state index >= 15 is 0 Å². The van der Waals surface area contributed by atoms with E-state index in [2.05, 4.69) is 13.8 Å². The molecule has 1 nitrogen and oxygen atoms in total. The van der Waals surface area contributed by atoms with Gasteiger partial charge in [0, 0.05) is 0 Å². The number of phenolic OH excluding ortho intramolecular Hbond substituents is 1. The van der Waals surface area contributed by atoms with E-state index in [1.54, 1.807) is 6.07 Å². The maximum absolute atomic E-state index is 9.41. The molecule has 0 radical (unpaired) electrons. The molecule has 0 saturated heterocycles. The van der Waals surface area contributed by atoms with E-state index in [4.69, 9.17) is 0 Å². The smallest absolute Gasteiger partial charge is 0.118 e. The lowest BCUT2D eigenvalue weighted by molar-refractivity contribution is 0.346. The lowest BCUT2D eigenvalue weighted by Crippen LogP contribution is -2.04. The maximum atomic E-state index is 9.41. The van der Waals surface area contributed by atoms with Gasteiger partial charge in [0.2, 0.25) is 0 Å². The Labute approximate surface area is 106 Å². The van der Waals surface area contributed by atoms with Gasteiger partial charge < -0.3 is 5.11 Å². The van der Waals surface area contributed by atoms with Gasteiger partial charge in [0.1, 0.15) is 5.75 Å². The predicted molar refractivity (Wildman–Crippen MR) is 74.4 cm³/mol. The summed E-state index contributed by atoms with van der Waals surface area (Å²) in [5.41, 5.74) is 1.07. The molecule has 1 saturated carbocycles. The predicted octanol–water partition coefficient (Wildman–Crippen LogP) is 4.93. The summed E-state index contributed by atoms with van der Waals surface area (Å²) in [5.74, 6) is 1.50. The zero-order chi connectivity index (χ0) is 12.5. The summed E-state index contributed by atoms with van der Waals surface area (Å²) in [6, 6.07) is 7.58. The monoisotopic (exact) mass is 234 g/mol. The highest BCUT2D eigenvalue weighted by molar-refractivity contribution is 5.31. The van der Waals surface area contributed by atoms with Gasteiger partial charge in [0.05, 0.1) is 0 Å². The molecule has 1 aromatic carbocycles. The second kappa shape index (κ2) is 8.16. The quantitative estimate of drug-likeness (QED) is 0.732. The first-order valence-corrected chi connectivity index (χ1v) is 7.01. The first kappa shape index (κ1) is 14.1. The van der Waals surface area contributed by atoms with E-state index in [-0.39, 0.29) is 0 Å².